The number of aromatic nitrogens is 1. The van der Waals surface area contributed by atoms with Crippen molar-refractivity contribution < 1.29 is 0 Å². The van der Waals surface area contributed by atoms with Gasteiger partial charge < -0.3 is 10.6 Å². The summed E-state index contributed by atoms with van der Waals surface area (Å²) >= 11 is 5.92. The number of anilines is 2. The monoisotopic (exact) mass is 302 g/mol. The molecule has 2 heterocycles. The van der Waals surface area contributed by atoms with Gasteiger partial charge in [-0.15, -0.1) is 0 Å². The lowest BCUT2D eigenvalue weighted by Gasteiger charge is -2.36. The SMILES string of the molecule is Nc1ccc(N2CCN(Cc3ccc(Cl)cc3)CC2)cn1. The molecule has 0 saturated carbocycles. The average molecular weight is 303 g/mol. The highest BCUT2D eigenvalue weighted by Gasteiger charge is 2.17. The van der Waals surface area contributed by atoms with E-state index >= 15 is 0 Å². The predicted molar refractivity (Wildman–Crippen MR) is 87.6 cm³/mol. The summed E-state index contributed by atoms with van der Waals surface area (Å²) in [6.07, 6.45) is 1.85. The van der Waals surface area contributed by atoms with Crippen LogP contribution in [0, 0.1) is 0 Å². The molecule has 0 bridgehead atoms. The maximum absolute atomic E-state index is 5.92. The molecule has 0 unspecified atom stereocenters. The lowest BCUT2D eigenvalue weighted by atomic mass is 10.2. The molecule has 3 rings (SSSR count). The van der Waals surface area contributed by atoms with E-state index in [2.05, 4.69) is 26.9 Å². The first-order chi connectivity index (χ1) is 10.2. The minimum absolute atomic E-state index is 0.570. The summed E-state index contributed by atoms with van der Waals surface area (Å²) in [5, 5.41) is 0.791. The third-order valence-corrected chi connectivity index (χ3v) is 4.08. The van der Waals surface area contributed by atoms with Crippen LogP contribution in [-0.4, -0.2) is 36.1 Å². The third kappa shape index (κ3) is 3.65. The van der Waals surface area contributed by atoms with Crippen molar-refractivity contribution in [3.8, 4) is 0 Å². The van der Waals surface area contributed by atoms with E-state index in [9.17, 15) is 0 Å². The summed E-state index contributed by atoms with van der Waals surface area (Å²) < 4.78 is 0. The lowest BCUT2D eigenvalue weighted by molar-refractivity contribution is 0.250. The second kappa shape index (κ2) is 6.33. The summed E-state index contributed by atoms with van der Waals surface area (Å²) in [6, 6.07) is 12.0. The number of nitrogens with two attached hydrogens (primary N) is 1. The summed E-state index contributed by atoms with van der Waals surface area (Å²) in [4.78, 5) is 8.97. The highest BCUT2D eigenvalue weighted by atomic mass is 35.5. The van der Waals surface area contributed by atoms with Crippen molar-refractivity contribution in [3.63, 3.8) is 0 Å². The maximum Gasteiger partial charge on any atom is 0.123 e. The standard InChI is InChI=1S/C16H19ClN4/c17-14-3-1-13(2-4-14)12-20-7-9-21(10-8-20)15-5-6-16(18)19-11-15/h1-6,11H,7-10,12H2,(H2,18,19). The molecule has 0 amide bonds. The van der Waals surface area contributed by atoms with Crippen molar-refractivity contribution in [1.82, 2.24) is 9.88 Å². The molecule has 1 saturated heterocycles. The Labute approximate surface area is 130 Å². The quantitative estimate of drug-likeness (QED) is 0.947. The number of hydrogen-bond donors (Lipinski definition) is 1. The number of benzene rings is 1. The second-order valence-corrected chi connectivity index (χ2v) is 5.77. The van der Waals surface area contributed by atoms with Crippen LogP contribution >= 0.6 is 11.6 Å². The zero-order valence-electron chi connectivity index (χ0n) is 11.9. The smallest absolute Gasteiger partial charge is 0.123 e. The van der Waals surface area contributed by atoms with Crippen molar-refractivity contribution in [2.24, 2.45) is 0 Å². The molecule has 2 aromatic rings. The zero-order chi connectivity index (χ0) is 14.7. The fraction of sp³-hybridized carbons (Fsp3) is 0.312. The Kier molecular flexibility index (Phi) is 4.27. The Hall–Kier alpha value is -1.78. The van der Waals surface area contributed by atoms with E-state index in [0.29, 0.717) is 5.82 Å². The summed E-state index contributed by atoms with van der Waals surface area (Å²) in [5.41, 5.74) is 8.08. The van der Waals surface area contributed by atoms with E-state index in [1.165, 1.54) is 5.56 Å². The molecule has 4 nitrogen and oxygen atoms in total. The zero-order valence-corrected chi connectivity index (χ0v) is 12.6. The van der Waals surface area contributed by atoms with Gasteiger partial charge >= 0.3 is 0 Å². The van der Waals surface area contributed by atoms with E-state index < -0.39 is 0 Å². The molecule has 0 spiro atoms. The first-order valence-electron chi connectivity index (χ1n) is 7.14. The summed E-state index contributed by atoms with van der Waals surface area (Å²) in [6.45, 7) is 5.10. The van der Waals surface area contributed by atoms with Gasteiger partial charge in [-0.05, 0) is 29.8 Å². The number of pyridine rings is 1. The van der Waals surface area contributed by atoms with Crippen LogP contribution in [0.4, 0.5) is 11.5 Å². The number of hydrogen-bond acceptors (Lipinski definition) is 4. The van der Waals surface area contributed by atoms with E-state index in [-0.39, 0.29) is 0 Å². The van der Waals surface area contributed by atoms with Gasteiger partial charge in [0.25, 0.3) is 0 Å². The Bertz CT molecular complexity index is 574. The molecule has 21 heavy (non-hydrogen) atoms. The fourth-order valence-corrected chi connectivity index (χ4v) is 2.72. The molecule has 1 fully saturated rings. The number of nitrogen functional groups attached to an aromatic ring is 1. The Balaban J connectivity index is 1.55. The number of halogens is 1. The highest BCUT2D eigenvalue weighted by molar-refractivity contribution is 6.30. The molecular formula is C16H19ClN4. The van der Waals surface area contributed by atoms with E-state index in [4.69, 9.17) is 17.3 Å². The van der Waals surface area contributed by atoms with Crippen LogP contribution in [0.5, 0.6) is 0 Å². The van der Waals surface area contributed by atoms with Crippen molar-refractivity contribution in [3.05, 3.63) is 53.2 Å². The third-order valence-electron chi connectivity index (χ3n) is 3.83. The first-order valence-corrected chi connectivity index (χ1v) is 7.52. The molecule has 110 valence electrons. The first kappa shape index (κ1) is 14.2. The molecule has 2 N–H and O–H groups in total. The summed E-state index contributed by atoms with van der Waals surface area (Å²) in [5.74, 6) is 0.570. The van der Waals surface area contributed by atoms with Crippen molar-refractivity contribution in [1.29, 1.82) is 0 Å². The van der Waals surface area contributed by atoms with Gasteiger partial charge in [0.1, 0.15) is 5.82 Å². The van der Waals surface area contributed by atoms with Crippen LogP contribution in [0.1, 0.15) is 5.56 Å². The minimum Gasteiger partial charge on any atom is -0.384 e. The highest BCUT2D eigenvalue weighted by Crippen LogP contribution is 2.18. The van der Waals surface area contributed by atoms with Gasteiger partial charge in [0.2, 0.25) is 0 Å². The molecule has 1 aromatic carbocycles. The summed E-state index contributed by atoms with van der Waals surface area (Å²) in [7, 11) is 0. The van der Waals surface area contributed by atoms with E-state index in [1.807, 2.05) is 30.5 Å². The molecule has 0 aliphatic carbocycles. The van der Waals surface area contributed by atoms with Crippen LogP contribution in [0.3, 0.4) is 0 Å². The number of piperazine rings is 1. The van der Waals surface area contributed by atoms with E-state index in [1.54, 1.807) is 0 Å². The van der Waals surface area contributed by atoms with Gasteiger partial charge in [-0.3, -0.25) is 4.90 Å². The van der Waals surface area contributed by atoms with Crippen molar-refractivity contribution >= 4 is 23.1 Å². The normalized spacial score (nSPS) is 16.1. The minimum atomic E-state index is 0.570. The molecule has 5 heteroatoms. The van der Waals surface area contributed by atoms with E-state index in [0.717, 1.165) is 43.4 Å². The Morgan fingerprint density at radius 2 is 1.71 bits per heavy atom. The topological polar surface area (TPSA) is 45.4 Å². The van der Waals surface area contributed by atoms with Gasteiger partial charge in [-0.1, -0.05) is 23.7 Å². The lowest BCUT2D eigenvalue weighted by Crippen LogP contribution is -2.46. The molecule has 1 aliphatic rings. The van der Waals surface area contributed by atoms with Crippen LogP contribution in [-0.2, 0) is 6.54 Å². The van der Waals surface area contributed by atoms with Crippen LogP contribution in [0.2, 0.25) is 5.02 Å². The molecular weight excluding hydrogens is 284 g/mol. The Morgan fingerprint density at radius 1 is 1.00 bits per heavy atom. The van der Waals surface area contributed by atoms with Crippen LogP contribution < -0.4 is 10.6 Å². The fourth-order valence-electron chi connectivity index (χ4n) is 2.60. The number of nitrogens with zero attached hydrogens (tertiary/aromatic N) is 3. The largest absolute Gasteiger partial charge is 0.384 e. The van der Waals surface area contributed by atoms with Gasteiger partial charge in [-0.2, -0.15) is 0 Å². The second-order valence-electron chi connectivity index (χ2n) is 5.33. The average Bonchev–Trinajstić information content (AvgIpc) is 2.51. The molecule has 1 aliphatic heterocycles. The van der Waals surface area contributed by atoms with Gasteiger partial charge in [0, 0.05) is 37.7 Å². The molecule has 1 aromatic heterocycles. The van der Waals surface area contributed by atoms with Crippen LogP contribution in [0.15, 0.2) is 42.6 Å². The van der Waals surface area contributed by atoms with Crippen LogP contribution in [0.25, 0.3) is 0 Å². The van der Waals surface area contributed by atoms with Gasteiger partial charge in [-0.25, -0.2) is 4.98 Å². The molecule has 0 atom stereocenters. The van der Waals surface area contributed by atoms with Gasteiger partial charge in [0.05, 0.1) is 11.9 Å². The predicted octanol–water partition coefficient (Wildman–Crippen LogP) is 2.64. The molecule has 0 radical (unpaired) electrons. The Morgan fingerprint density at radius 3 is 2.33 bits per heavy atom. The van der Waals surface area contributed by atoms with Crippen molar-refractivity contribution in [2.45, 2.75) is 6.54 Å². The number of rotatable bonds is 3. The maximum atomic E-state index is 5.92. The van der Waals surface area contributed by atoms with Crippen molar-refractivity contribution in [2.75, 3.05) is 36.8 Å². The van der Waals surface area contributed by atoms with Gasteiger partial charge in [0.15, 0.2) is 0 Å².